The first kappa shape index (κ1) is 12.0. The van der Waals surface area contributed by atoms with Crippen molar-refractivity contribution >= 4 is 26.7 Å². The van der Waals surface area contributed by atoms with Gasteiger partial charge >= 0.3 is 0 Å². The molecule has 0 unspecified atom stereocenters. The number of aryl methyl sites for hydroxylation is 1. The smallest absolute Gasteiger partial charge is 0.234 e. The van der Waals surface area contributed by atoms with Gasteiger partial charge in [0.2, 0.25) is 15.2 Å². The van der Waals surface area contributed by atoms with Gasteiger partial charge in [-0.05, 0) is 6.92 Å². The molecule has 92 valence electrons. The highest BCUT2D eigenvalue weighted by Crippen LogP contribution is 2.20. The van der Waals surface area contributed by atoms with Crippen LogP contribution in [0.2, 0.25) is 0 Å². The Morgan fingerprint density at radius 1 is 1.53 bits per heavy atom. The number of sulfonamides is 1. The van der Waals surface area contributed by atoms with Gasteiger partial charge in [-0.2, -0.15) is 14.5 Å². The number of rotatable bonds is 4. The summed E-state index contributed by atoms with van der Waals surface area (Å²) in [6.45, 7) is 1.56. The monoisotopic (exact) mass is 273 g/mol. The molecule has 7 nitrogen and oxygen atoms in total. The van der Waals surface area contributed by atoms with Crippen molar-refractivity contribution < 1.29 is 8.42 Å². The van der Waals surface area contributed by atoms with Crippen LogP contribution in [0.5, 0.6) is 0 Å². The molecule has 2 rings (SSSR count). The van der Waals surface area contributed by atoms with Crippen LogP contribution < -0.4 is 4.72 Å². The fraction of sp³-hybridized carbons (Fsp3) is 0.375. The van der Waals surface area contributed by atoms with E-state index in [2.05, 4.69) is 19.2 Å². The fourth-order valence-corrected chi connectivity index (χ4v) is 2.56. The summed E-state index contributed by atoms with van der Waals surface area (Å²) in [4.78, 5) is 4.09. The topological polar surface area (TPSA) is 89.8 Å². The van der Waals surface area contributed by atoms with Crippen LogP contribution in [-0.4, -0.2) is 33.3 Å². The van der Waals surface area contributed by atoms with E-state index in [1.54, 1.807) is 31.0 Å². The third-order valence-corrected chi connectivity index (χ3v) is 4.04. The van der Waals surface area contributed by atoms with Crippen molar-refractivity contribution in [3.05, 3.63) is 12.4 Å². The van der Waals surface area contributed by atoms with E-state index in [4.69, 9.17) is 0 Å². The molecule has 0 aromatic carbocycles. The number of nitrogens with zero attached hydrogens (tertiary/aromatic N) is 4. The van der Waals surface area contributed by atoms with Crippen molar-refractivity contribution in [2.45, 2.75) is 6.92 Å². The highest BCUT2D eigenvalue weighted by molar-refractivity contribution is 7.92. The maximum absolute atomic E-state index is 11.3. The summed E-state index contributed by atoms with van der Waals surface area (Å²) in [6.07, 6.45) is 3.39. The molecule has 0 aliphatic carbocycles. The molecule has 0 saturated carbocycles. The normalized spacial score (nSPS) is 11.6. The molecule has 0 saturated heterocycles. The predicted octanol–water partition coefficient (Wildman–Crippen LogP) is 0.700. The molecular formula is C8H11N5O2S2. The van der Waals surface area contributed by atoms with Gasteiger partial charge in [0.15, 0.2) is 5.82 Å². The fourth-order valence-electron chi connectivity index (χ4n) is 1.12. The average Bonchev–Trinajstić information content (AvgIpc) is 2.86. The van der Waals surface area contributed by atoms with Crippen molar-refractivity contribution in [1.29, 1.82) is 0 Å². The maximum atomic E-state index is 11.3. The second kappa shape index (κ2) is 4.41. The second-order valence-electron chi connectivity index (χ2n) is 3.33. The summed E-state index contributed by atoms with van der Waals surface area (Å²) < 4.78 is 30.7. The number of anilines is 1. The highest BCUT2D eigenvalue weighted by Gasteiger charge is 2.12. The second-order valence-corrected chi connectivity index (χ2v) is 6.09. The molecular weight excluding hydrogens is 262 g/mol. The van der Waals surface area contributed by atoms with E-state index in [1.165, 1.54) is 0 Å². The zero-order valence-electron chi connectivity index (χ0n) is 9.28. The Labute approximate surface area is 103 Å². The van der Waals surface area contributed by atoms with Crippen LogP contribution in [0.4, 0.5) is 5.13 Å². The van der Waals surface area contributed by atoms with Gasteiger partial charge < -0.3 is 0 Å². The molecule has 9 heteroatoms. The van der Waals surface area contributed by atoms with Crippen LogP contribution >= 0.6 is 11.5 Å². The van der Waals surface area contributed by atoms with Crippen molar-refractivity contribution in [2.75, 3.05) is 10.5 Å². The van der Waals surface area contributed by atoms with Crippen LogP contribution in [0.1, 0.15) is 6.92 Å². The minimum Gasteiger partial charge on any atom is -0.275 e. The third kappa shape index (κ3) is 2.80. The lowest BCUT2D eigenvalue weighted by Gasteiger charge is -1.99. The number of aromatic nitrogens is 4. The Bertz CT molecular complexity index is 615. The van der Waals surface area contributed by atoms with Crippen LogP contribution in [0.3, 0.4) is 0 Å². The molecule has 0 radical (unpaired) electrons. The van der Waals surface area contributed by atoms with Crippen molar-refractivity contribution in [2.24, 2.45) is 7.05 Å². The molecule has 0 fully saturated rings. The lowest BCUT2D eigenvalue weighted by atomic mass is 10.3. The molecule has 0 spiro atoms. The molecule has 2 heterocycles. The summed E-state index contributed by atoms with van der Waals surface area (Å²) in [5.74, 6) is 0.478. The molecule has 0 bridgehead atoms. The number of nitrogens with one attached hydrogen (secondary N) is 1. The first-order chi connectivity index (χ1) is 8.00. The summed E-state index contributed by atoms with van der Waals surface area (Å²) in [5.41, 5.74) is 0.755. The van der Waals surface area contributed by atoms with E-state index in [0.717, 1.165) is 17.1 Å². The summed E-state index contributed by atoms with van der Waals surface area (Å²) in [7, 11) is -1.51. The molecule has 0 atom stereocenters. The minimum absolute atomic E-state index is 0.00874. The molecule has 0 amide bonds. The van der Waals surface area contributed by atoms with E-state index < -0.39 is 10.0 Å². The molecule has 17 heavy (non-hydrogen) atoms. The minimum atomic E-state index is -3.30. The van der Waals surface area contributed by atoms with Crippen molar-refractivity contribution in [3.8, 4) is 11.4 Å². The van der Waals surface area contributed by atoms with Gasteiger partial charge in [-0.3, -0.25) is 9.40 Å². The standard InChI is InChI=1S/C8H11N5O2S2/c1-3-17(14,15)12-8-10-7(11-16-8)6-4-9-13(2)5-6/h4-5H,3H2,1-2H3,(H,10,11,12). The largest absolute Gasteiger partial charge is 0.275 e. The van der Waals surface area contributed by atoms with Gasteiger partial charge in [0, 0.05) is 24.8 Å². The Morgan fingerprint density at radius 2 is 2.29 bits per heavy atom. The molecule has 2 aromatic heterocycles. The van der Waals surface area contributed by atoms with E-state index >= 15 is 0 Å². The lowest BCUT2D eigenvalue weighted by molar-refractivity contribution is 0.602. The molecule has 0 aliphatic heterocycles. The van der Waals surface area contributed by atoms with E-state index in [1.807, 2.05) is 0 Å². The first-order valence-electron chi connectivity index (χ1n) is 4.83. The lowest BCUT2D eigenvalue weighted by Crippen LogP contribution is -2.14. The van der Waals surface area contributed by atoms with Crippen molar-refractivity contribution in [1.82, 2.24) is 19.1 Å². The van der Waals surface area contributed by atoms with Gasteiger partial charge in [-0.15, -0.1) is 0 Å². The zero-order valence-corrected chi connectivity index (χ0v) is 10.9. The van der Waals surface area contributed by atoms with Gasteiger partial charge in [0.05, 0.1) is 17.5 Å². The summed E-state index contributed by atoms with van der Waals surface area (Å²) >= 11 is 1.01. The molecule has 0 aliphatic rings. The van der Waals surface area contributed by atoms with E-state index in [-0.39, 0.29) is 10.9 Å². The summed E-state index contributed by atoms with van der Waals surface area (Å²) in [6, 6.07) is 0. The van der Waals surface area contributed by atoms with Gasteiger partial charge in [0.1, 0.15) is 0 Å². The van der Waals surface area contributed by atoms with Crippen LogP contribution in [0.25, 0.3) is 11.4 Å². The zero-order chi connectivity index (χ0) is 12.5. The average molecular weight is 273 g/mol. The Balaban J connectivity index is 2.22. The van der Waals surface area contributed by atoms with E-state index in [9.17, 15) is 8.42 Å². The van der Waals surface area contributed by atoms with Gasteiger partial charge in [0.25, 0.3) is 0 Å². The highest BCUT2D eigenvalue weighted by atomic mass is 32.2. The van der Waals surface area contributed by atoms with Crippen LogP contribution in [0.15, 0.2) is 12.4 Å². The third-order valence-electron chi connectivity index (χ3n) is 2.01. The van der Waals surface area contributed by atoms with Gasteiger partial charge in [-0.25, -0.2) is 8.42 Å². The quantitative estimate of drug-likeness (QED) is 0.885. The van der Waals surface area contributed by atoms with E-state index in [0.29, 0.717) is 5.82 Å². The van der Waals surface area contributed by atoms with Gasteiger partial charge in [-0.1, -0.05) is 0 Å². The Kier molecular flexibility index (Phi) is 3.11. The number of hydrogen-bond donors (Lipinski definition) is 1. The number of hydrogen-bond acceptors (Lipinski definition) is 6. The Morgan fingerprint density at radius 3 is 2.88 bits per heavy atom. The molecule has 2 aromatic rings. The maximum Gasteiger partial charge on any atom is 0.234 e. The van der Waals surface area contributed by atoms with Crippen molar-refractivity contribution in [3.63, 3.8) is 0 Å². The predicted molar refractivity (Wildman–Crippen MR) is 65.2 cm³/mol. The summed E-state index contributed by atoms with van der Waals surface area (Å²) in [5, 5.41) is 4.26. The van der Waals surface area contributed by atoms with Crippen LogP contribution in [0, 0.1) is 0 Å². The first-order valence-corrected chi connectivity index (χ1v) is 7.26. The SMILES string of the molecule is CCS(=O)(=O)Nc1nc(-c2cnn(C)c2)ns1. The Hall–Kier alpha value is -1.48. The molecule has 1 N–H and O–H groups in total. The van der Waals surface area contributed by atoms with Crippen LogP contribution in [-0.2, 0) is 17.1 Å².